The van der Waals surface area contributed by atoms with E-state index in [-0.39, 0.29) is 34.8 Å². The molecule has 0 spiro atoms. The molecule has 10 nitrogen and oxygen atoms in total. The fourth-order valence-electron chi connectivity index (χ4n) is 5.62. The molecule has 0 unspecified atom stereocenters. The lowest BCUT2D eigenvalue weighted by molar-refractivity contribution is -0.232. The second-order valence-corrected chi connectivity index (χ2v) is 11.8. The summed E-state index contributed by atoms with van der Waals surface area (Å²) in [4.78, 5) is 22.2. The van der Waals surface area contributed by atoms with Gasteiger partial charge in [-0.15, -0.1) is 11.3 Å². The van der Waals surface area contributed by atoms with Crippen LogP contribution < -0.4 is 26.4 Å². The first kappa shape index (κ1) is 30.6. The molecule has 1 amide bonds. The highest BCUT2D eigenvalue weighted by atomic mass is 32.1. The molecule has 2 atom stereocenters. The molecule has 15 heteroatoms. The number of hydrogen-bond acceptors (Lipinski definition) is 10. The number of nitrogens with one attached hydrogen (secondary N) is 1. The molecule has 0 saturated heterocycles. The molecule has 2 aliphatic rings. The highest BCUT2D eigenvalue weighted by molar-refractivity contribution is 7.16. The van der Waals surface area contributed by atoms with Crippen LogP contribution in [0.1, 0.15) is 34.5 Å². The maximum atomic E-state index is 15.0. The Hall–Kier alpha value is -4.47. The van der Waals surface area contributed by atoms with Gasteiger partial charge >= 0.3 is 6.18 Å². The fourth-order valence-corrected chi connectivity index (χ4v) is 6.36. The predicted molar refractivity (Wildman–Crippen MR) is 157 cm³/mol. The largest absolute Gasteiger partial charge is 0.494 e. The third-order valence-electron chi connectivity index (χ3n) is 8.22. The van der Waals surface area contributed by atoms with Gasteiger partial charge in [-0.1, -0.05) is 0 Å². The van der Waals surface area contributed by atoms with E-state index in [1.54, 1.807) is 11.6 Å². The number of halogens is 4. The average molecular weight is 645 g/mol. The molecule has 6 rings (SSSR count). The Labute approximate surface area is 258 Å². The first-order valence-corrected chi connectivity index (χ1v) is 14.7. The van der Waals surface area contributed by atoms with Gasteiger partial charge in [0, 0.05) is 29.1 Å². The van der Waals surface area contributed by atoms with Crippen LogP contribution in [-0.4, -0.2) is 52.4 Å². The van der Waals surface area contributed by atoms with Crippen molar-refractivity contribution < 1.29 is 36.9 Å². The molecule has 0 bridgehead atoms. The molecule has 1 aliphatic heterocycles. The van der Waals surface area contributed by atoms with Crippen LogP contribution in [0.3, 0.4) is 0 Å². The van der Waals surface area contributed by atoms with Gasteiger partial charge < -0.3 is 25.6 Å². The van der Waals surface area contributed by atoms with Crippen LogP contribution in [0.25, 0.3) is 21.5 Å². The Bertz CT molecular complexity index is 1800. The van der Waals surface area contributed by atoms with E-state index >= 15 is 0 Å². The van der Waals surface area contributed by atoms with Crippen LogP contribution in [0.2, 0.25) is 0 Å². The van der Waals surface area contributed by atoms with E-state index < -0.39 is 47.1 Å². The highest BCUT2D eigenvalue weighted by Crippen LogP contribution is 2.55. The number of carbonyl (C=O) groups is 1. The number of fused-ring (bicyclic) bond motifs is 2. The van der Waals surface area contributed by atoms with Gasteiger partial charge in [-0.3, -0.25) is 9.80 Å². The molecule has 1 fully saturated rings. The average Bonchev–Trinajstić information content (AvgIpc) is 3.63. The zero-order valence-corrected chi connectivity index (χ0v) is 24.6. The number of rotatable bonds is 9. The van der Waals surface area contributed by atoms with Crippen LogP contribution in [0.15, 0.2) is 60.4 Å². The molecule has 45 heavy (non-hydrogen) atoms. The number of hydrogen-bond donors (Lipinski definition) is 4. The number of nitrogens with two attached hydrogens (primary N) is 2. The molecule has 0 radical (unpaired) electrons. The second-order valence-electron chi connectivity index (χ2n) is 10.9. The van der Waals surface area contributed by atoms with Gasteiger partial charge in [-0.05, 0) is 61.2 Å². The van der Waals surface area contributed by atoms with Gasteiger partial charge in [0.15, 0.2) is 5.75 Å². The number of nitrogens with zero attached hydrogens (tertiary/aromatic N) is 3. The number of benzene rings is 2. The molecule has 1 aliphatic carbocycles. The zero-order chi connectivity index (χ0) is 32.1. The van der Waals surface area contributed by atoms with Crippen LogP contribution >= 0.6 is 11.3 Å². The molecular formula is C30H28F4N6O4S. The molecule has 4 aromatic rings. The minimum atomic E-state index is -4.98. The Kier molecular flexibility index (Phi) is 7.57. The van der Waals surface area contributed by atoms with Crippen molar-refractivity contribution in [1.29, 1.82) is 0 Å². The second kappa shape index (κ2) is 11.2. The first-order valence-electron chi connectivity index (χ1n) is 13.8. The molecule has 3 heterocycles. The van der Waals surface area contributed by atoms with E-state index in [0.29, 0.717) is 33.8 Å². The summed E-state index contributed by atoms with van der Waals surface area (Å²) in [5, 5.41) is 15.3. The molecule has 1 saturated carbocycles. The summed E-state index contributed by atoms with van der Waals surface area (Å²) in [7, 11) is 1.45. The predicted octanol–water partition coefficient (Wildman–Crippen LogP) is 4.29. The Morgan fingerprint density at radius 2 is 2.00 bits per heavy atom. The van der Waals surface area contributed by atoms with E-state index in [0.717, 1.165) is 30.6 Å². The number of hydrazine groups is 1. The van der Waals surface area contributed by atoms with Gasteiger partial charge in [-0.25, -0.2) is 20.2 Å². The minimum Gasteiger partial charge on any atom is -0.494 e. The maximum absolute atomic E-state index is 15.0. The molecule has 236 valence electrons. The van der Waals surface area contributed by atoms with Crippen molar-refractivity contribution in [1.82, 2.24) is 20.3 Å². The van der Waals surface area contributed by atoms with E-state index in [4.69, 9.17) is 21.1 Å². The third-order valence-corrected chi connectivity index (χ3v) is 8.99. The lowest BCUT2D eigenvalue weighted by atomic mass is 9.85. The van der Waals surface area contributed by atoms with E-state index in [1.165, 1.54) is 36.6 Å². The topological polar surface area (TPSA) is 149 Å². The normalized spacial score (nSPS) is 19.3. The van der Waals surface area contributed by atoms with Crippen molar-refractivity contribution in [2.75, 3.05) is 20.3 Å². The Morgan fingerprint density at radius 3 is 2.64 bits per heavy atom. The van der Waals surface area contributed by atoms with Crippen molar-refractivity contribution in [3.63, 3.8) is 0 Å². The maximum Gasteiger partial charge on any atom is 0.420 e. The smallest absolute Gasteiger partial charge is 0.420 e. The molecule has 2 aromatic carbocycles. The van der Waals surface area contributed by atoms with Gasteiger partial charge in [-0.2, -0.15) is 13.2 Å². The zero-order valence-electron chi connectivity index (χ0n) is 23.8. The molecule has 2 aromatic heterocycles. The minimum absolute atomic E-state index is 0.0514. The van der Waals surface area contributed by atoms with Crippen molar-refractivity contribution in [3.8, 4) is 22.8 Å². The lowest BCUT2D eigenvalue weighted by Crippen LogP contribution is -2.58. The summed E-state index contributed by atoms with van der Waals surface area (Å²) < 4.78 is 70.4. The standard InChI is InChI=1S/C30H28F4N6O4S/c1-43-21-10-17(11-22-25(21)38-15-45-22)27(41)37-13-28(42,18-4-5-18)23-12-20-26(24(39-23)16-2-6-19(31)7-3-16)44-14-29(20,30(32,33)34)40(36)9-8-35/h2-3,6-12,15,18,42H,4-5,13-14,35-36H2,1H3,(H,37,41)/b9-8-/t28-,29+/m1/s1. The molecule has 6 N–H and O–H groups in total. The number of ether oxygens (including phenoxy) is 2. The summed E-state index contributed by atoms with van der Waals surface area (Å²) in [5.74, 6) is 4.57. The van der Waals surface area contributed by atoms with Crippen molar-refractivity contribution >= 4 is 27.5 Å². The van der Waals surface area contributed by atoms with Crippen molar-refractivity contribution in [2.45, 2.75) is 30.2 Å². The Morgan fingerprint density at radius 1 is 1.27 bits per heavy atom. The number of carbonyl (C=O) groups excluding carboxylic acids is 1. The third kappa shape index (κ3) is 5.10. The first-order chi connectivity index (χ1) is 21.4. The highest BCUT2D eigenvalue weighted by Gasteiger charge is 2.64. The van der Waals surface area contributed by atoms with Gasteiger partial charge in [0.05, 0.1) is 29.6 Å². The van der Waals surface area contributed by atoms with Gasteiger partial charge in [0.25, 0.3) is 5.91 Å². The monoisotopic (exact) mass is 644 g/mol. The summed E-state index contributed by atoms with van der Waals surface area (Å²) in [6.45, 7) is -1.31. The molecular weight excluding hydrogens is 616 g/mol. The summed E-state index contributed by atoms with van der Waals surface area (Å²) in [5.41, 5.74) is 2.73. The van der Waals surface area contributed by atoms with E-state index in [9.17, 15) is 27.5 Å². The number of pyridine rings is 1. The van der Waals surface area contributed by atoms with Crippen LogP contribution in [-0.2, 0) is 11.1 Å². The number of aromatic nitrogens is 2. The fraction of sp³-hybridized carbons (Fsp3) is 0.300. The van der Waals surface area contributed by atoms with Crippen LogP contribution in [0.5, 0.6) is 11.5 Å². The van der Waals surface area contributed by atoms with Crippen molar-refractivity contribution in [2.24, 2.45) is 17.5 Å². The van der Waals surface area contributed by atoms with Crippen LogP contribution in [0.4, 0.5) is 17.6 Å². The van der Waals surface area contributed by atoms with Crippen LogP contribution in [0, 0.1) is 11.7 Å². The van der Waals surface area contributed by atoms with E-state index in [2.05, 4.69) is 15.3 Å². The SMILES string of the molecule is COc1cc(C(=O)NC[C@](O)(c2cc3c(c(-c4ccc(F)cc4)n2)OC[C@@]3(N(N)/C=C\N)C(F)(F)F)C2CC2)cc2scnc12. The number of methoxy groups -OCH3 is 1. The summed E-state index contributed by atoms with van der Waals surface area (Å²) in [6.07, 6.45) is -2.17. The summed E-state index contributed by atoms with van der Waals surface area (Å²) in [6, 6.07) is 9.23. The Balaban J connectivity index is 1.46. The number of amides is 1. The van der Waals surface area contributed by atoms with Gasteiger partial charge in [0.2, 0.25) is 5.54 Å². The van der Waals surface area contributed by atoms with E-state index in [1.807, 2.05) is 0 Å². The quantitative estimate of drug-likeness (QED) is 0.119. The number of alkyl halides is 3. The van der Waals surface area contributed by atoms with Gasteiger partial charge in [0.1, 0.15) is 35.0 Å². The van der Waals surface area contributed by atoms with Crippen molar-refractivity contribution in [3.05, 3.63) is 83.0 Å². The number of aliphatic hydroxyl groups is 1. The summed E-state index contributed by atoms with van der Waals surface area (Å²) >= 11 is 1.32. The number of thiazole rings is 1. The lowest BCUT2D eigenvalue weighted by Gasteiger charge is -2.38.